The lowest BCUT2D eigenvalue weighted by molar-refractivity contribution is 1.14. The number of aryl methyl sites for hydroxylation is 2. The lowest BCUT2D eigenvalue weighted by atomic mass is 10.1. The molecule has 100 valence electrons. The van der Waals surface area contributed by atoms with Crippen molar-refractivity contribution in [2.24, 2.45) is 0 Å². The van der Waals surface area contributed by atoms with E-state index in [4.69, 9.17) is 11.6 Å². The number of halogens is 1. The van der Waals surface area contributed by atoms with E-state index >= 15 is 0 Å². The van der Waals surface area contributed by atoms with Gasteiger partial charge in [0.05, 0.1) is 5.52 Å². The summed E-state index contributed by atoms with van der Waals surface area (Å²) in [7, 11) is 0. The zero-order valence-electron chi connectivity index (χ0n) is 11.5. The molecular weight excluding hydrogens is 268 g/mol. The molecule has 0 atom stereocenters. The van der Waals surface area contributed by atoms with Crippen LogP contribution in [-0.4, -0.2) is 9.97 Å². The summed E-state index contributed by atoms with van der Waals surface area (Å²) in [5.74, 6) is 0.676. The van der Waals surface area contributed by atoms with Gasteiger partial charge in [-0.3, -0.25) is 0 Å². The third kappa shape index (κ3) is 2.39. The summed E-state index contributed by atoms with van der Waals surface area (Å²) in [5.41, 5.74) is 4.31. The summed E-state index contributed by atoms with van der Waals surface area (Å²) in [6.07, 6.45) is 0.978. The van der Waals surface area contributed by atoms with Gasteiger partial charge in [-0.1, -0.05) is 48.4 Å². The summed E-state index contributed by atoms with van der Waals surface area (Å²) in [6.45, 7) is 4.18. The zero-order chi connectivity index (χ0) is 14.1. The molecule has 0 bridgehead atoms. The molecule has 0 aliphatic rings. The van der Waals surface area contributed by atoms with Crippen molar-refractivity contribution >= 4 is 22.5 Å². The largest absolute Gasteiger partial charge is 0.228 e. The predicted molar refractivity (Wildman–Crippen MR) is 84.1 cm³/mol. The Balaban J connectivity index is 2.19. The Morgan fingerprint density at radius 2 is 1.90 bits per heavy atom. The van der Waals surface area contributed by atoms with Crippen molar-refractivity contribution in [3.63, 3.8) is 0 Å². The number of aromatic nitrogens is 2. The van der Waals surface area contributed by atoms with E-state index in [2.05, 4.69) is 48.1 Å². The predicted octanol–water partition coefficient (Wildman–Crippen LogP) is 4.82. The van der Waals surface area contributed by atoms with Gasteiger partial charge in [0.15, 0.2) is 5.82 Å². The summed E-state index contributed by atoms with van der Waals surface area (Å²) in [6, 6.07) is 14.3. The molecule has 0 saturated heterocycles. The number of nitrogens with zero attached hydrogens (tertiary/aromatic N) is 2. The van der Waals surface area contributed by atoms with Gasteiger partial charge in [0.1, 0.15) is 5.15 Å². The fraction of sp³-hybridized carbons (Fsp3) is 0.176. The molecule has 3 heteroatoms. The first-order valence-electron chi connectivity index (χ1n) is 6.70. The highest BCUT2D eigenvalue weighted by atomic mass is 35.5. The molecule has 1 aromatic heterocycles. The van der Waals surface area contributed by atoms with E-state index < -0.39 is 0 Å². The molecule has 20 heavy (non-hydrogen) atoms. The van der Waals surface area contributed by atoms with Gasteiger partial charge < -0.3 is 0 Å². The quantitative estimate of drug-likeness (QED) is 0.630. The maximum absolute atomic E-state index is 6.33. The van der Waals surface area contributed by atoms with Crippen LogP contribution in [-0.2, 0) is 6.42 Å². The summed E-state index contributed by atoms with van der Waals surface area (Å²) in [4.78, 5) is 9.07. The number of rotatable bonds is 2. The average molecular weight is 283 g/mol. The normalized spacial score (nSPS) is 10.9. The van der Waals surface area contributed by atoms with Gasteiger partial charge in [-0.05, 0) is 37.1 Å². The maximum Gasteiger partial charge on any atom is 0.161 e. The van der Waals surface area contributed by atoms with Gasteiger partial charge in [0.25, 0.3) is 0 Å². The van der Waals surface area contributed by atoms with Gasteiger partial charge in [-0.15, -0.1) is 0 Å². The Labute approximate surface area is 123 Å². The highest BCUT2D eigenvalue weighted by Crippen LogP contribution is 2.26. The lowest BCUT2D eigenvalue weighted by Crippen LogP contribution is -1.93. The Morgan fingerprint density at radius 1 is 1.05 bits per heavy atom. The Kier molecular flexibility index (Phi) is 3.41. The smallest absolute Gasteiger partial charge is 0.161 e. The van der Waals surface area contributed by atoms with Crippen LogP contribution in [0, 0.1) is 6.92 Å². The van der Waals surface area contributed by atoms with E-state index in [1.807, 2.05) is 18.2 Å². The highest BCUT2D eigenvalue weighted by Gasteiger charge is 2.08. The van der Waals surface area contributed by atoms with Crippen LogP contribution in [0.5, 0.6) is 0 Å². The van der Waals surface area contributed by atoms with Gasteiger partial charge >= 0.3 is 0 Å². The number of fused-ring (bicyclic) bond motifs is 1. The highest BCUT2D eigenvalue weighted by molar-refractivity contribution is 6.34. The maximum atomic E-state index is 6.33. The fourth-order valence-electron chi connectivity index (χ4n) is 2.27. The van der Waals surface area contributed by atoms with Crippen LogP contribution >= 0.6 is 11.6 Å². The lowest BCUT2D eigenvalue weighted by Gasteiger charge is -2.06. The summed E-state index contributed by atoms with van der Waals surface area (Å²) >= 11 is 6.33. The van der Waals surface area contributed by atoms with Crippen LogP contribution in [0.2, 0.25) is 5.15 Å². The molecule has 2 nitrogen and oxygen atoms in total. The van der Waals surface area contributed by atoms with E-state index in [0.29, 0.717) is 11.0 Å². The molecule has 0 saturated carbocycles. The second-order valence-electron chi connectivity index (χ2n) is 4.91. The topological polar surface area (TPSA) is 25.8 Å². The first-order valence-corrected chi connectivity index (χ1v) is 7.08. The molecule has 0 radical (unpaired) electrons. The van der Waals surface area contributed by atoms with Crippen LogP contribution in [0.1, 0.15) is 18.1 Å². The summed E-state index contributed by atoms with van der Waals surface area (Å²) in [5, 5.41) is 1.43. The summed E-state index contributed by atoms with van der Waals surface area (Å²) < 4.78 is 0. The van der Waals surface area contributed by atoms with Gasteiger partial charge in [-0.2, -0.15) is 0 Å². The van der Waals surface area contributed by atoms with Crippen LogP contribution in [0.25, 0.3) is 22.3 Å². The third-order valence-electron chi connectivity index (χ3n) is 3.40. The molecule has 0 aliphatic carbocycles. The molecule has 0 amide bonds. The molecule has 3 aromatic rings. The molecular formula is C17H15ClN2. The second kappa shape index (κ2) is 5.22. The van der Waals surface area contributed by atoms with Crippen molar-refractivity contribution < 1.29 is 0 Å². The van der Waals surface area contributed by atoms with E-state index in [1.54, 1.807) is 0 Å². The van der Waals surface area contributed by atoms with E-state index in [-0.39, 0.29) is 0 Å². The molecule has 0 fully saturated rings. The number of hydrogen-bond acceptors (Lipinski definition) is 2. The van der Waals surface area contributed by atoms with Crippen molar-refractivity contribution in [1.29, 1.82) is 0 Å². The standard InChI is InChI=1S/C17H15ClN2/c1-3-12-7-8-15-14(10-12)16(18)20-17(19-15)13-6-4-5-11(2)9-13/h4-10H,3H2,1-2H3. The van der Waals surface area contributed by atoms with Gasteiger partial charge in [-0.25, -0.2) is 9.97 Å². The van der Waals surface area contributed by atoms with Crippen molar-refractivity contribution in [2.75, 3.05) is 0 Å². The monoisotopic (exact) mass is 282 g/mol. The van der Waals surface area contributed by atoms with Crippen molar-refractivity contribution in [3.8, 4) is 11.4 Å². The minimum atomic E-state index is 0.516. The molecule has 0 unspecified atom stereocenters. The van der Waals surface area contributed by atoms with Crippen molar-refractivity contribution in [2.45, 2.75) is 20.3 Å². The van der Waals surface area contributed by atoms with Gasteiger partial charge in [0, 0.05) is 10.9 Å². The Bertz CT molecular complexity index is 781. The first kappa shape index (κ1) is 13.1. The van der Waals surface area contributed by atoms with Crippen LogP contribution < -0.4 is 0 Å². The Hall–Kier alpha value is -1.93. The third-order valence-corrected chi connectivity index (χ3v) is 3.69. The van der Waals surface area contributed by atoms with Crippen LogP contribution in [0.4, 0.5) is 0 Å². The first-order chi connectivity index (χ1) is 9.67. The van der Waals surface area contributed by atoms with Crippen molar-refractivity contribution in [3.05, 3.63) is 58.7 Å². The molecule has 0 N–H and O–H groups in total. The van der Waals surface area contributed by atoms with Gasteiger partial charge in [0.2, 0.25) is 0 Å². The SMILES string of the molecule is CCc1ccc2nc(-c3cccc(C)c3)nc(Cl)c2c1. The molecule has 0 aliphatic heterocycles. The second-order valence-corrected chi connectivity index (χ2v) is 5.27. The average Bonchev–Trinajstić information content (AvgIpc) is 2.47. The molecule has 1 heterocycles. The Morgan fingerprint density at radius 3 is 2.65 bits per heavy atom. The fourth-order valence-corrected chi connectivity index (χ4v) is 2.50. The zero-order valence-corrected chi connectivity index (χ0v) is 12.3. The van der Waals surface area contributed by atoms with Crippen LogP contribution in [0.15, 0.2) is 42.5 Å². The van der Waals surface area contributed by atoms with Crippen molar-refractivity contribution in [1.82, 2.24) is 9.97 Å². The number of benzene rings is 2. The van der Waals surface area contributed by atoms with E-state index in [9.17, 15) is 0 Å². The molecule has 2 aromatic carbocycles. The molecule has 3 rings (SSSR count). The minimum Gasteiger partial charge on any atom is -0.228 e. The molecule has 0 spiro atoms. The van der Waals surface area contributed by atoms with Crippen LogP contribution in [0.3, 0.4) is 0 Å². The van der Waals surface area contributed by atoms with E-state index in [1.165, 1.54) is 11.1 Å². The number of hydrogen-bond donors (Lipinski definition) is 0. The van der Waals surface area contributed by atoms with E-state index in [0.717, 1.165) is 22.9 Å². The minimum absolute atomic E-state index is 0.516.